The first kappa shape index (κ1) is 19.1. The maximum atomic E-state index is 13.2. The van der Waals surface area contributed by atoms with Crippen molar-refractivity contribution in [3.8, 4) is 0 Å². The molecule has 0 saturated heterocycles. The molecule has 7 heteroatoms. The predicted octanol–water partition coefficient (Wildman–Crippen LogP) is 3.17. The van der Waals surface area contributed by atoms with Crippen LogP contribution in [0.2, 0.25) is 0 Å². The van der Waals surface area contributed by atoms with Gasteiger partial charge in [-0.15, -0.1) is 0 Å². The van der Waals surface area contributed by atoms with E-state index in [2.05, 4.69) is 21.2 Å². The van der Waals surface area contributed by atoms with Crippen LogP contribution in [0.3, 0.4) is 0 Å². The molecule has 0 aliphatic heterocycles. The Morgan fingerprint density at radius 2 is 1.68 bits per heavy atom. The Morgan fingerprint density at radius 3 is 2.24 bits per heavy atom. The highest BCUT2D eigenvalue weighted by Gasteiger charge is 2.22. The lowest BCUT2D eigenvalue weighted by Crippen LogP contribution is -2.43. The van der Waals surface area contributed by atoms with Gasteiger partial charge in [-0.05, 0) is 35.4 Å². The Labute approximate surface area is 152 Å². The number of carbonyl (C=O) groups excluding carboxylic acids is 2. The monoisotopic (exact) mass is 411 g/mol. The molecule has 0 aromatic heterocycles. The first-order valence-electron chi connectivity index (χ1n) is 7.44. The molecule has 1 N–H and O–H groups in total. The molecule has 25 heavy (non-hydrogen) atoms. The van der Waals surface area contributed by atoms with Gasteiger partial charge < -0.3 is 10.1 Å². The van der Waals surface area contributed by atoms with Gasteiger partial charge >= 0.3 is 5.97 Å². The van der Waals surface area contributed by atoms with Gasteiger partial charge in [0.2, 0.25) is 5.91 Å². The number of carbonyl (C=O) groups is 2. The van der Waals surface area contributed by atoms with E-state index in [0.717, 1.165) is 28.2 Å². The maximum Gasteiger partial charge on any atom is 0.328 e. The summed E-state index contributed by atoms with van der Waals surface area (Å²) in [5, 5.41) is 2.55. The van der Waals surface area contributed by atoms with Crippen LogP contribution in [0.15, 0.2) is 46.9 Å². The second-order valence-electron chi connectivity index (χ2n) is 5.43. The molecule has 4 nitrogen and oxygen atoms in total. The van der Waals surface area contributed by atoms with Crippen molar-refractivity contribution in [2.45, 2.75) is 18.9 Å². The van der Waals surface area contributed by atoms with Gasteiger partial charge in [-0.25, -0.2) is 13.6 Å². The number of esters is 1. The van der Waals surface area contributed by atoms with Crippen molar-refractivity contribution in [1.82, 2.24) is 5.32 Å². The third-order valence-corrected chi connectivity index (χ3v) is 3.99. The van der Waals surface area contributed by atoms with Gasteiger partial charge in [0, 0.05) is 17.0 Å². The largest absolute Gasteiger partial charge is 0.467 e. The van der Waals surface area contributed by atoms with Gasteiger partial charge in [-0.1, -0.05) is 28.1 Å². The Bertz CT molecular complexity index is 745. The normalized spacial score (nSPS) is 11.7. The lowest BCUT2D eigenvalue weighted by molar-refractivity contribution is -0.145. The summed E-state index contributed by atoms with van der Waals surface area (Å²) in [7, 11) is 1.23. The molecule has 0 unspecified atom stereocenters. The lowest BCUT2D eigenvalue weighted by Gasteiger charge is -2.17. The zero-order chi connectivity index (χ0) is 18.4. The van der Waals surface area contributed by atoms with Crippen LogP contribution in [0.25, 0.3) is 0 Å². The molecule has 0 radical (unpaired) electrons. The van der Waals surface area contributed by atoms with Gasteiger partial charge in [-0.3, -0.25) is 4.79 Å². The van der Waals surface area contributed by atoms with Crippen molar-refractivity contribution in [3.05, 3.63) is 69.7 Å². The molecule has 2 rings (SSSR count). The number of ether oxygens (including phenoxy) is 1. The standard InChI is InChI=1S/C18H16BrF2NO3/c1-25-18(24)16(8-11-2-4-13(19)5-3-11)22-17(23)9-12-6-14(20)10-15(21)7-12/h2-7,10,16H,8-9H2,1H3,(H,22,23)/t16-/m1/s1. The summed E-state index contributed by atoms with van der Waals surface area (Å²) in [5.41, 5.74) is 1.01. The molecule has 2 aromatic carbocycles. The van der Waals surface area contributed by atoms with E-state index in [-0.39, 0.29) is 18.4 Å². The first-order chi connectivity index (χ1) is 11.9. The van der Waals surface area contributed by atoms with Crippen molar-refractivity contribution < 1.29 is 23.1 Å². The quantitative estimate of drug-likeness (QED) is 0.742. The highest BCUT2D eigenvalue weighted by molar-refractivity contribution is 9.10. The van der Waals surface area contributed by atoms with E-state index < -0.39 is 29.6 Å². The summed E-state index contributed by atoms with van der Waals surface area (Å²) in [6.45, 7) is 0. The van der Waals surface area contributed by atoms with Gasteiger partial charge in [0.15, 0.2) is 0 Å². The molecule has 1 amide bonds. The van der Waals surface area contributed by atoms with Crippen molar-refractivity contribution in [2.24, 2.45) is 0 Å². The van der Waals surface area contributed by atoms with E-state index in [9.17, 15) is 18.4 Å². The van der Waals surface area contributed by atoms with E-state index in [1.54, 1.807) is 0 Å². The van der Waals surface area contributed by atoms with Crippen LogP contribution >= 0.6 is 15.9 Å². The molecule has 0 aliphatic carbocycles. The smallest absolute Gasteiger partial charge is 0.328 e. The van der Waals surface area contributed by atoms with Crippen LogP contribution in [0.1, 0.15) is 11.1 Å². The highest BCUT2D eigenvalue weighted by Crippen LogP contribution is 2.13. The topological polar surface area (TPSA) is 55.4 Å². The SMILES string of the molecule is COC(=O)[C@@H](Cc1ccc(Br)cc1)NC(=O)Cc1cc(F)cc(F)c1. The Hall–Kier alpha value is -2.28. The highest BCUT2D eigenvalue weighted by atomic mass is 79.9. The fourth-order valence-corrected chi connectivity index (χ4v) is 2.60. The molecular formula is C18H16BrF2NO3. The molecule has 0 aliphatic rings. The van der Waals surface area contributed by atoms with E-state index in [1.165, 1.54) is 7.11 Å². The summed E-state index contributed by atoms with van der Waals surface area (Å²) in [4.78, 5) is 24.1. The number of rotatable bonds is 6. The van der Waals surface area contributed by atoms with Crippen molar-refractivity contribution >= 4 is 27.8 Å². The fourth-order valence-electron chi connectivity index (χ4n) is 2.34. The summed E-state index contributed by atoms with van der Waals surface area (Å²) < 4.78 is 32.0. The molecule has 0 saturated carbocycles. The molecular weight excluding hydrogens is 396 g/mol. The summed E-state index contributed by atoms with van der Waals surface area (Å²) in [5.74, 6) is -2.65. The predicted molar refractivity (Wildman–Crippen MR) is 91.9 cm³/mol. The molecule has 0 heterocycles. The average molecular weight is 412 g/mol. The number of halogens is 3. The summed E-state index contributed by atoms with van der Waals surface area (Å²) >= 11 is 3.32. The number of hydrogen-bond donors (Lipinski definition) is 1. The molecule has 0 spiro atoms. The number of benzene rings is 2. The van der Waals surface area contributed by atoms with Gasteiger partial charge in [0.05, 0.1) is 13.5 Å². The number of hydrogen-bond acceptors (Lipinski definition) is 3. The summed E-state index contributed by atoms with van der Waals surface area (Å²) in [6, 6.07) is 9.25. The minimum atomic E-state index is -0.892. The Balaban J connectivity index is 2.06. The van der Waals surface area contributed by atoms with Crippen LogP contribution in [0.5, 0.6) is 0 Å². The third kappa shape index (κ3) is 5.94. The van der Waals surface area contributed by atoms with Gasteiger partial charge in [0.25, 0.3) is 0 Å². The second kappa shape index (κ2) is 8.71. The zero-order valence-corrected chi connectivity index (χ0v) is 15.0. The lowest BCUT2D eigenvalue weighted by atomic mass is 10.1. The van der Waals surface area contributed by atoms with Crippen LogP contribution in [0.4, 0.5) is 8.78 Å². The fraction of sp³-hybridized carbons (Fsp3) is 0.222. The van der Waals surface area contributed by atoms with Crippen molar-refractivity contribution in [2.75, 3.05) is 7.11 Å². The maximum absolute atomic E-state index is 13.2. The first-order valence-corrected chi connectivity index (χ1v) is 8.23. The molecule has 132 valence electrons. The van der Waals surface area contributed by atoms with E-state index in [1.807, 2.05) is 24.3 Å². The molecule has 2 aromatic rings. The van der Waals surface area contributed by atoms with E-state index in [0.29, 0.717) is 0 Å². The minimum Gasteiger partial charge on any atom is -0.467 e. The van der Waals surface area contributed by atoms with Gasteiger partial charge in [-0.2, -0.15) is 0 Å². The number of methoxy groups -OCH3 is 1. The molecule has 0 fully saturated rings. The van der Waals surface area contributed by atoms with Crippen molar-refractivity contribution in [1.29, 1.82) is 0 Å². The van der Waals surface area contributed by atoms with E-state index in [4.69, 9.17) is 4.74 Å². The van der Waals surface area contributed by atoms with Crippen molar-refractivity contribution in [3.63, 3.8) is 0 Å². The van der Waals surface area contributed by atoms with Crippen LogP contribution in [-0.2, 0) is 27.2 Å². The van der Waals surface area contributed by atoms with Crippen LogP contribution in [0, 0.1) is 11.6 Å². The third-order valence-electron chi connectivity index (χ3n) is 3.46. The number of amides is 1. The molecule has 1 atom stereocenters. The molecule has 0 bridgehead atoms. The summed E-state index contributed by atoms with van der Waals surface area (Å²) in [6.07, 6.45) is -0.00822. The Morgan fingerprint density at radius 1 is 1.08 bits per heavy atom. The van der Waals surface area contributed by atoms with E-state index >= 15 is 0 Å². The number of nitrogens with one attached hydrogen (secondary N) is 1. The van der Waals surface area contributed by atoms with Gasteiger partial charge in [0.1, 0.15) is 17.7 Å². The van der Waals surface area contributed by atoms with Crippen LogP contribution in [-0.4, -0.2) is 25.0 Å². The zero-order valence-electron chi connectivity index (χ0n) is 13.4. The average Bonchev–Trinajstić information content (AvgIpc) is 2.54. The van der Waals surface area contributed by atoms with Crippen LogP contribution < -0.4 is 5.32 Å². The minimum absolute atomic E-state index is 0.183. The Kier molecular flexibility index (Phi) is 6.64. The second-order valence-corrected chi connectivity index (χ2v) is 6.34.